The molecule has 0 aliphatic heterocycles. The van der Waals surface area contributed by atoms with Gasteiger partial charge in [-0.15, -0.1) is 0 Å². The van der Waals surface area contributed by atoms with Gasteiger partial charge in [0.1, 0.15) is 0 Å². The fourth-order valence-corrected chi connectivity index (χ4v) is 2.37. The van der Waals surface area contributed by atoms with E-state index in [4.69, 9.17) is 4.74 Å². The van der Waals surface area contributed by atoms with E-state index in [1.807, 2.05) is 7.11 Å². The molecule has 2 saturated carbocycles. The molecule has 0 aromatic rings. The van der Waals surface area contributed by atoms with Gasteiger partial charge in [-0.1, -0.05) is 6.92 Å². The van der Waals surface area contributed by atoms with E-state index in [1.165, 1.54) is 32.1 Å². The van der Waals surface area contributed by atoms with E-state index in [1.54, 1.807) is 0 Å². The Balaban J connectivity index is 1.72. The lowest BCUT2D eigenvalue weighted by atomic mass is 9.93. The summed E-state index contributed by atoms with van der Waals surface area (Å²) in [5.74, 6) is 0.919. The van der Waals surface area contributed by atoms with Gasteiger partial charge in [0.15, 0.2) is 0 Å². The number of ether oxygens (including phenoxy) is 1. The molecule has 0 heterocycles. The van der Waals surface area contributed by atoms with E-state index in [0.717, 1.165) is 18.0 Å². The quantitative estimate of drug-likeness (QED) is 0.722. The third-order valence-electron chi connectivity index (χ3n) is 3.52. The smallest absolute Gasteiger partial charge is 0.0586 e. The molecule has 2 aliphatic rings. The van der Waals surface area contributed by atoms with Crippen molar-refractivity contribution in [2.75, 3.05) is 7.11 Å². The van der Waals surface area contributed by atoms with E-state index in [-0.39, 0.29) is 0 Å². The normalized spacial score (nSPS) is 44.8. The van der Waals surface area contributed by atoms with Gasteiger partial charge in [0.05, 0.1) is 6.10 Å². The number of rotatable bonds is 3. The average molecular weight is 183 g/mol. The van der Waals surface area contributed by atoms with Crippen LogP contribution in [0.25, 0.3) is 0 Å². The molecule has 2 nitrogen and oxygen atoms in total. The van der Waals surface area contributed by atoms with Crippen molar-refractivity contribution in [2.45, 2.75) is 57.2 Å². The minimum Gasteiger partial charge on any atom is -0.381 e. The Kier molecular flexibility index (Phi) is 2.89. The van der Waals surface area contributed by atoms with E-state index >= 15 is 0 Å². The molecule has 2 unspecified atom stereocenters. The topological polar surface area (TPSA) is 21.3 Å². The van der Waals surface area contributed by atoms with Crippen LogP contribution in [0.4, 0.5) is 0 Å². The summed E-state index contributed by atoms with van der Waals surface area (Å²) < 4.78 is 5.41. The Morgan fingerprint density at radius 2 is 2.00 bits per heavy atom. The van der Waals surface area contributed by atoms with Gasteiger partial charge in [-0.05, 0) is 38.0 Å². The molecule has 2 fully saturated rings. The van der Waals surface area contributed by atoms with Gasteiger partial charge in [-0.25, -0.2) is 0 Å². The van der Waals surface area contributed by atoms with Crippen molar-refractivity contribution in [3.05, 3.63) is 0 Å². The Morgan fingerprint density at radius 3 is 2.62 bits per heavy atom. The lowest BCUT2D eigenvalue weighted by Crippen LogP contribution is -2.38. The molecular formula is C11H21NO. The summed E-state index contributed by atoms with van der Waals surface area (Å²) in [4.78, 5) is 0. The summed E-state index contributed by atoms with van der Waals surface area (Å²) in [6.45, 7) is 2.33. The van der Waals surface area contributed by atoms with Crippen LogP contribution in [-0.2, 0) is 4.74 Å². The second kappa shape index (κ2) is 3.97. The monoisotopic (exact) mass is 183 g/mol. The van der Waals surface area contributed by atoms with Crippen LogP contribution >= 0.6 is 0 Å². The Bertz CT molecular complexity index is 169. The van der Waals surface area contributed by atoms with Crippen LogP contribution in [0.3, 0.4) is 0 Å². The van der Waals surface area contributed by atoms with Gasteiger partial charge in [0.2, 0.25) is 0 Å². The fourth-order valence-electron chi connectivity index (χ4n) is 2.37. The van der Waals surface area contributed by atoms with E-state index in [9.17, 15) is 0 Å². The number of hydrogen-bond donors (Lipinski definition) is 1. The zero-order valence-corrected chi connectivity index (χ0v) is 8.75. The zero-order valence-electron chi connectivity index (χ0n) is 8.75. The van der Waals surface area contributed by atoms with Gasteiger partial charge >= 0.3 is 0 Å². The lowest BCUT2D eigenvalue weighted by molar-refractivity contribution is 0.0584. The maximum absolute atomic E-state index is 5.41. The highest BCUT2D eigenvalue weighted by molar-refractivity contribution is 4.93. The van der Waals surface area contributed by atoms with Crippen LogP contribution in [0, 0.1) is 5.92 Å². The van der Waals surface area contributed by atoms with Crippen molar-refractivity contribution in [1.29, 1.82) is 0 Å². The Morgan fingerprint density at radius 1 is 1.23 bits per heavy atom. The van der Waals surface area contributed by atoms with Gasteiger partial charge in [-0.2, -0.15) is 0 Å². The third-order valence-corrected chi connectivity index (χ3v) is 3.52. The molecule has 4 atom stereocenters. The number of methoxy groups -OCH3 is 1. The Labute approximate surface area is 81.0 Å². The predicted octanol–water partition coefficient (Wildman–Crippen LogP) is 1.94. The molecular weight excluding hydrogens is 162 g/mol. The third kappa shape index (κ3) is 2.44. The van der Waals surface area contributed by atoms with Crippen molar-refractivity contribution >= 4 is 0 Å². The van der Waals surface area contributed by atoms with Gasteiger partial charge in [-0.3, -0.25) is 0 Å². The molecule has 2 aliphatic carbocycles. The van der Waals surface area contributed by atoms with Crippen LogP contribution < -0.4 is 5.32 Å². The summed E-state index contributed by atoms with van der Waals surface area (Å²) in [5.41, 5.74) is 0. The van der Waals surface area contributed by atoms with Gasteiger partial charge in [0, 0.05) is 19.2 Å². The maximum atomic E-state index is 5.41. The van der Waals surface area contributed by atoms with Gasteiger partial charge < -0.3 is 10.1 Å². The van der Waals surface area contributed by atoms with E-state index in [0.29, 0.717) is 6.10 Å². The van der Waals surface area contributed by atoms with Crippen LogP contribution in [0.1, 0.15) is 39.0 Å². The molecule has 0 amide bonds. The van der Waals surface area contributed by atoms with Crippen LogP contribution in [0.2, 0.25) is 0 Å². The SMILES string of the molecule is COC1CCCC(N[C@@H]2C[C@H]2C)C1. The van der Waals surface area contributed by atoms with Crippen LogP contribution in [-0.4, -0.2) is 25.3 Å². The number of hydrogen-bond acceptors (Lipinski definition) is 2. The van der Waals surface area contributed by atoms with Crippen LogP contribution in [0.5, 0.6) is 0 Å². The van der Waals surface area contributed by atoms with Crippen molar-refractivity contribution in [2.24, 2.45) is 5.92 Å². The molecule has 0 bridgehead atoms. The standard InChI is InChI=1S/C11H21NO/c1-8-6-11(8)12-9-4-3-5-10(7-9)13-2/h8-12H,3-7H2,1-2H3/t8-,9?,10?,11-/m1/s1. The first-order chi connectivity index (χ1) is 6.29. The highest BCUT2D eigenvalue weighted by atomic mass is 16.5. The molecule has 0 aromatic carbocycles. The predicted molar refractivity (Wildman–Crippen MR) is 53.8 cm³/mol. The average Bonchev–Trinajstić information content (AvgIpc) is 2.82. The first kappa shape index (κ1) is 9.47. The van der Waals surface area contributed by atoms with E-state index in [2.05, 4.69) is 12.2 Å². The lowest BCUT2D eigenvalue weighted by Gasteiger charge is -2.29. The van der Waals surface area contributed by atoms with Crippen LogP contribution in [0.15, 0.2) is 0 Å². The minimum atomic E-state index is 0.514. The molecule has 2 heteroatoms. The van der Waals surface area contributed by atoms with Crippen molar-refractivity contribution in [1.82, 2.24) is 5.32 Å². The molecule has 2 rings (SSSR count). The highest BCUT2D eigenvalue weighted by Crippen LogP contribution is 2.31. The first-order valence-electron chi connectivity index (χ1n) is 5.58. The molecule has 13 heavy (non-hydrogen) atoms. The summed E-state index contributed by atoms with van der Waals surface area (Å²) in [6, 6.07) is 1.55. The van der Waals surface area contributed by atoms with Crippen molar-refractivity contribution in [3.63, 3.8) is 0 Å². The summed E-state index contributed by atoms with van der Waals surface area (Å²) >= 11 is 0. The first-order valence-corrected chi connectivity index (χ1v) is 5.58. The fraction of sp³-hybridized carbons (Fsp3) is 1.00. The summed E-state index contributed by atoms with van der Waals surface area (Å²) in [6.07, 6.45) is 7.06. The molecule has 0 spiro atoms. The molecule has 0 radical (unpaired) electrons. The van der Waals surface area contributed by atoms with Crippen molar-refractivity contribution in [3.8, 4) is 0 Å². The minimum absolute atomic E-state index is 0.514. The number of nitrogens with one attached hydrogen (secondary N) is 1. The summed E-state index contributed by atoms with van der Waals surface area (Å²) in [5, 5.41) is 3.73. The van der Waals surface area contributed by atoms with E-state index < -0.39 is 0 Å². The highest BCUT2D eigenvalue weighted by Gasteiger charge is 2.35. The Hall–Kier alpha value is -0.0800. The molecule has 76 valence electrons. The molecule has 0 saturated heterocycles. The molecule has 1 N–H and O–H groups in total. The second-order valence-electron chi connectivity index (χ2n) is 4.71. The van der Waals surface area contributed by atoms with Crippen molar-refractivity contribution < 1.29 is 4.74 Å². The largest absolute Gasteiger partial charge is 0.381 e. The van der Waals surface area contributed by atoms with Gasteiger partial charge in [0.25, 0.3) is 0 Å². The summed E-state index contributed by atoms with van der Waals surface area (Å²) in [7, 11) is 1.84. The maximum Gasteiger partial charge on any atom is 0.0586 e. The molecule has 0 aromatic heterocycles. The second-order valence-corrected chi connectivity index (χ2v) is 4.71. The zero-order chi connectivity index (χ0) is 9.26.